The third-order valence-electron chi connectivity index (χ3n) is 5.74. The first-order chi connectivity index (χ1) is 17.9. The van der Waals surface area contributed by atoms with Crippen molar-refractivity contribution in [2.45, 2.75) is 38.9 Å². The topological polar surface area (TPSA) is 86.8 Å². The van der Waals surface area contributed by atoms with Gasteiger partial charge in [0.2, 0.25) is 21.8 Å². The van der Waals surface area contributed by atoms with Crippen molar-refractivity contribution in [1.82, 2.24) is 10.2 Å². The number of hydrogen-bond donors (Lipinski definition) is 1. The molecule has 1 atom stereocenters. The lowest BCUT2D eigenvalue weighted by Gasteiger charge is -2.34. The van der Waals surface area contributed by atoms with Crippen molar-refractivity contribution in [2.75, 3.05) is 17.1 Å². The van der Waals surface area contributed by atoms with Crippen LogP contribution in [0.4, 0.5) is 14.5 Å². The molecule has 2 amide bonds. The Kier molecular flexibility index (Phi) is 9.57. The Morgan fingerprint density at radius 3 is 2.11 bits per heavy atom. The van der Waals surface area contributed by atoms with Crippen molar-refractivity contribution in [1.29, 1.82) is 0 Å². The molecule has 0 bridgehead atoms. The van der Waals surface area contributed by atoms with Gasteiger partial charge in [-0.2, -0.15) is 0 Å². The molecule has 3 aromatic rings. The summed E-state index contributed by atoms with van der Waals surface area (Å²) in [6.07, 6.45) is 1.08. The van der Waals surface area contributed by atoms with Gasteiger partial charge in [-0.25, -0.2) is 17.2 Å². The molecule has 7 nitrogen and oxygen atoms in total. The predicted octanol–water partition coefficient (Wildman–Crippen LogP) is 3.90. The van der Waals surface area contributed by atoms with E-state index in [-0.39, 0.29) is 24.7 Å². The van der Waals surface area contributed by atoms with Crippen LogP contribution in [0, 0.1) is 11.6 Å². The van der Waals surface area contributed by atoms with Crippen LogP contribution in [-0.4, -0.2) is 50.0 Å². The van der Waals surface area contributed by atoms with Crippen LogP contribution in [0.1, 0.15) is 25.0 Å². The van der Waals surface area contributed by atoms with E-state index >= 15 is 0 Å². The molecule has 0 aliphatic heterocycles. The highest BCUT2D eigenvalue weighted by atomic mass is 32.2. The van der Waals surface area contributed by atoms with Gasteiger partial charge in [0.1, 0.15) is 24.2 Å². The fourth-order valence-electron chi connectivity index (χ4n) is 3.97. The molecule has 0 heterocycles. The summed E-state index contributed by atoms with van der Waals surface area (Å²) >= 11 is 0. The highest BCUT2D eigenvalue weighted by molar-refractivity contribution is 7.92. The number of benzene rings is 3. The molecule has 0 saturated heterocycles. The van der Waals surface area contributed by atoms with Crippen LogP contribution in [0.3, 0.4) is 0 Å². The van der Waals surface area contributed by atoms with Crippen LogP contribution < -0.4 is 9.62 Å². The minimum Gasteiger partial charge on any atom is -0.352 e. The summed E-state index contributed by atoms with van der Waals surface area (Å²) in [6.45, 7) is 2.84. The quantitative estimate of drug-likeness (QED) is 0.398. The second-order valence-corrected chi connectivity index (χ2v) is 11.2. The van der Waals surface area contributed by atoms with E-state index in [0.717, 1.165) is 22.2 Å². The van der Waals surface area contributed by atoms with Gasteiger partial charge in [0.15, 0.2) is 0 Å². The molecule has 38 heavy (non-hydrogen) atoms. The van der Waals surface area contributed by atoms with E-state index in [1.54, 1.807) is 13.8 Å². The highest BCUT2D eigenvalue weighted by Crippen LogP contribution is 2.21. The molecule has 0 aliphatic rings. The first kappa shape index (κ1) is 28.8. The lowest BCUT2D eigenvalue weighted by Crippen LogP contribution is -2.54. The standard InChI is InChI=1S/C28H31F2N3O4S/c1-20(2)31-28(35)26(16-21-8-5-4-6-9-21)32(18-22-12-14-23(29)15-13-22)27(34)19-33(38(3,36)37)25-11-7-10-24(30)17-25/h4-15,17,20,26H,16,18-19H2,1-3H3,(H,31,35). The molecule has 3 rings (SSSR count). The SMILES string of the molecule is CC(C)NC(=O)C(Cc1ccccc1)N(Cc1ccc(F)cc1)C(=O)CN(c1cccc(F)c1)S(C)(=O)=O. The summed E-state index contributed by atoms with van der Waals surface area (Å²) in [6, 6.07) is 18.3. The molecule has 0 aromatic heterocycles. The minimum atomic E-state index is -4.00. The van der Waals surface area contributed by atoms with E-state index in [0.29, 0.717) is 5.56 Å². The summed E-state index contributed by atoms with van der Waals surface area (Å²) < 4.78 is 53.6. The van der Waals surface area contributed by atoms with Crippen molar-refractivity contribution in [3.8, 4) is 0 Å². The van der Waals surface area contributed by atoms with Gasteiger partial charge >= 0.3 is 0 Å². The Bertz CT molecular complexity index is 1350. The van der Waals surface area contributed by atoms with Crippen molar-refractivity contribution in [3.05, 3.63) is 102 Å². The fourth-order valence-corrected chi connectivity index (χ4v) is 4.81. The summed E-state index contributed by atoms with van der Waals surface area (Å²) in [7, 11) is -4.00. The van der Waals surface area contributed by atoms with Crippen molar-refractivity contribution in [2.24, 2.45) is 0 Å². The summed E-state index contributed by atoms with van der Waals surface area (Å²) in [5.41, 5.74) is 1.32. The normalized spacial score (nSPS) is 12.2. The first-order valence-corrected chi connectivity index (χ1v) is 13.9. The Balaban J connectivity index is 2.05. The zero-order valence-electron chi connectivity index (χ0n) is 21.5. The maximum atomic E-state index is 13.9. The molecule has 0 saturated carbocycles. The molecule has 0 spiro atoms. The number of hydrogen-bond acceptors (Lipinski definition) is 4. The zero-order valence-corrected chi connectivity index (χ0v) is 22.3. The second kappa shape index (κ2) is 12.6. The fraction of sp³-hybridized carbons (Fsp3) is 0.286. The maximum absolute atomic E-state index is 13.9. The molecule has 0 fully saturated rings. The number of halogens is 2. The van der Waals surface area contributed by atoms with Crippen LogP contribution in [0.2, 0.25) is 0 Å². The molecule has 1 N–H and O–H groups in total. The number of nitrogens with one attached hydrogen (secondary N) is 1. The van der Waals surface area contributed by atoms with Gasteiger partial charge in [-0.05, 0) is 55.3 Å². The molecule has 3 aromatic carbocycles. The predicted molar refractivity (Wildman–Crippen MR) is 143 cm³/mol. The number of nitrogens with zero attached hydrogens (tertiary/aromatic N) is 2. The molecular formula is C28H31F2N3O4S. The third kappa shape index (κ3) is 8.11. The van der Waals surface area contributed by atoms with Crippen molar-refractivity contribution in [3.63, 3.8) is 0 Å². The van der Waals surface area contributed by atoms with Crippen molar-refractivity contribution >= 4 is 27.5 Å². The second-order valence-electron chi connectivity index (χ2n) is 9.27. The monoisotopic (exact) mass is 543 g/mol. The Morgan fingerprint density at radius 1 is 0.868 bits per heavy atom. The van der Waals surface area contributed by atoms with E-state index in [4.69, 9.17) is 0 Å². The van der Waals surface area contributed by atoms with Crippen LogP contribution >= 0.6 is 0 Å². The maximum Gasteiger partial charge on any atom is 0.244 e. The number of sulfonamides is 1. The molecular weight excluding hydrogens is 512 g/mol. The summed E-state index contributed by atoms with van der Waals surface area (Å²) in [5.74, 6) is -2.22. The van der Waals surface area contributed by atoms with Crippen LogP contribution in [0.5, 0.6) is 0 Å². The van der Waals surface area contributed by atoms with Gasteiger partial charge < -0.3 is 10.2 Å². The number of anilines is 1. The molecule has 10 heteroatoms. The van der Waals surface area contributed by atoms with Gasteiger partial charge in [-0.3, -0.25) is 13.9 Å². The van der Waals surface area contributed by atoms with E-state index in [2.05, 4.69) is 5.32 Å². The average molecular weight is 544 g/mol. The third-order valence-corrected chi connectivity index (χ3v) is 6.88. The summed E-state index contributed by atoms with van der Waals surface area (Å²) in [4.78, 5) is 28.5. The molecule has 202 valence electrons. The van der Waals surface area contributed by atoms with E-state index in [1.165, 1.54) is 47.4 Å². The Morgan fingerprint density at radius 2 is 1.53 bits per heavy atom. The van der Waals surface area contributed by atoms with E-state index in [1.807, 2.05) is 30.3 Å². The van der Waals surface area contributed by atoms with E-state index in [9.17, 15) is 26.8 Å². The summed E-state index contributed by atoms with van der Waals surface area (Å²) in [5, 5.41) is 2.84. The van der Waals surface area contributed by atoms with Crippen LogP contribution in [0.25, 0.3) is 0 Å². The van der Waals surface area contributed by atoms with Gasteiger partial charge in [-0.1, -0.05) is 48.5 Å². The van der Waals surface area contributed by atoms with Crippen LogP contribution in [0.15, 0.2) is 78.9 Å². The number of rotatable bonds is 11. The van der Waals surface area contributed by atoms with Crippen molar-refractivity contribution < 1.29 is 26.8 Å². The lowest BCUT2D eigenvalue weighted by atomic mass is 10.0. The van der Waals surface area contributed by atoms with Gasteiger partial charge in [0.05, 0.1) is 11.9 Å². The van der Waals surface area contributed by atoms with Crippen LogP contribution in [-0.2, 0) is 32.6 Å². The van der Waals surface area contributed by atoms with Gasteiger partial charge in [-0.15, -0.1) is 0 Å². The largest absolute Gasteiger partial charge is 0.352 e. The van der Waals surface area contributed by atoms with Gasteiger partial charge in [0, 0.05) is 19.0 Å². The molecule has 0 aliphatic carbocycles. The first-order valence-electron chi connectivity index (χ1n) is 12.1. The Hall–Kier alpha value is -3.79. The Labute approximate surface area is 222 Å². The average Bonchev–Trinajstić information content (AvgIpc) is 2.85. The number of carbonyl (C=O) groups excluding carboxylic acids is 2. The number of carbonyl (C=O) groups is 2. The zero-order chi connectivity index (χ0) is 27.9. The molecule has 0 radical (unpaired) electrons. The minimum absolute atomic E-state index is 0.0196. The number of amides is 2. The lowest BCUT2D eigenvalue weighted by molar-refractivity contribution is -0.140. The van der Waals surface area contributed by atoms with E-state index < -0.39 is 46.1 Å². The highest BCUT2D eigenvalue weighted by Gasteiger charge is 2.33. The van der Waals surface area contributed by atoms with Gasteiger partial charge in [0.25, 0.3) is 0 Å². The smallest absolute Gasteiger partial charge is 0.244 e. The molecule has 1 unspecified atom stereocenters.